The van der Waals surface area contributed by atoms with Gasteiger partial charge in [0.1, 0.15) is 0 Å². The first-order valence-electron chi connectivity index (χ1n) is 7.02. The molecule has 0 aromatic heterocycles. The molecule has 0 heterocycles. The first kappa shape index (κ1) is 11.5. The van der Waals surface area contributed by atoms with E-state index in [1.807, 2.05) is 0 Å². The van der Waals surface area contributed by atoms with Crippen LogP contribution in [0.25, 0.3) is 0 Å². The highest BCUT2D eigenvalue weighted by molar-refractivity contribution is 5.06. The van der Waals surface area contributed by atoms with E-state index >= 15 is 0 Å². The van der Waals surface area contributed by atoms with Gasteiger partial charge < -0.3 is 0 Å². The average Bonchev–Trinajstić information content (AvgIpc) is 2.81. The molecule has 0 radical (unpaired) electrons. The summed E-state index contributed by atoms with van der Waals surface area (Å²) >= 11 is 0. The van der Waals surface area contributed by atoms with E-state index in [0.717, 1.165) is 17.3 Å². The molecule has 0 aromatic carbocycles. The third kappa shape index (κ3) is 1.97. The van der Waals surface area contributed by atoms with Gasteiger partial charge in [0.15, 0.2) is 0 Å². The van der Waals surface area contributed by atoms with Crippen molar-refractivity contribution >= 4 is 0 Å². The van der Waals surface area contributed by atoms with E-state index in [1.54, 1.807) is 0 Å². The molecular formula is C15H28. The van der Waals surface area contributed by atoms with E-state index in [1.165, 1.54) is 44.9 Å². The van der Waals surface area contributed by atoms with E-state index in [9.17, 15) is 0 Å². The van der Waals surface area contributed by atoms with Crippen LogP contribution >= 0.6 is 0 Å². The molecule has 2 fully saturated rings. The molecule has 0 aromatic rings. The van der Waals surface area contributed by atoms with Crippen molar-refractivity contribution in [1.82, 2.24) is 0 Å². The van der Waals surface area contributed by atoms with Crippen molar-refractivity contribution in [2.45, 2.75) is 72.6 Å². The number of hydrogen-bond acceptors (Lipinski definition) is 0. The molecule has 2 atom stereocenters. The largest absolute Gasteiger partial charge is 0.0649 e. The quantitative estimate of drug-likeness (QED) is 0.608. The van der Waals surface area contributed by atoms with Crippen molar-refractivity contribution in [2.24, 2.45) is 22.7 Å². The molecule has 0 heteroatoms. The Morgan fingerprint density at radius 3 is 2.33 bits per heavy atom. The fourth-order valence-corrected chi connectivity index (χ4v) is 4.37. The molecule has 2 saturated carbocycles. The van der Waals surface area contributed by atoms with Crippen LogP contribution in [0.3, 0.4) is 0 Å². The van der Waals surface area contributed by atoms with Crippen molar-refractivity contribution in [1.29, 1.82) is 0 Å². The second kappa shape index (κ2) is 3.79. The van der Waals surface area contributed by atoms with Gasteiger partial charge in [0, 0.05) is 0 Å². The van der Waals surface area contributed by atoms with E-state index in [4.69, 9.17) is 0 Å². The zero-order valence-electron chi connectivity index (χ0n) is 11.1. The zero-order chi connectivity index (χ0) is 11.1. The molecule has 0 amide bonds. The van der Waals surface area contributed by atoms with Gasteiger partial charge in [-0.3, -0.25) is 0 Å². The molecule has 0 N–H and O–H groups in total. The van der Waals surface area contributed by atoms with Gasteiger partial charge in [-0.1, -0.05) is 40.5 Å². The Morgan fingerprint density at radius 1 is 1.20 bits per heavy atom. The van der Waals surface area contributed by atoms with Crippen LogP contribution < -0.4 is 0 Å². The molecule has 0 saturated heterocycles. The molecule has 0 spiro atoms. The van der Waals surface area contributed by atoms with Crippen molar-refractivity contribution in [3.63, 3.8) is 0 Å². The predicted molar refractivity (Wildman–Crippen MR) is 66.9 cm³/mol. The van der Waals surface area contributed by atoms with Crippen LogP contribution in [-0.2, 0) is 0 Å². The first-order valence-corrected chi connectivity index (χ1v) is 7.02. The second-order valence-electron chi connectivity index (χ2n) is 6.91. The summed E-state index contributed by atoms with van der Waals surface area (Å²) in [4.78, 5) is 0. The smallest absolute Gasteiger partial charge is 0.0261 e. The monoisotopic (exact) mass is 208 g/mol. The van der Waals surface area contributed by atoms with Gasteiger partial charge in [0.2, 0.25) is 0 Å². The molecular weight excluding hydrogens is 180 g/mol. The van der Waals surface area contributed by atoms with E-state index in [-0.39, 0.29) is 0 Å². The first-order chi connectivity index (χ1) is 7.02. The lowest BCUT2D eigenvalue weighted by Gasteiger charge is -2.38. The molecule has 88 valence electrons. The van der Waals surface area contributed by atoms with E-state index in [2.05, 4.69) is 27.7 Å². The van der Waals surface area contributed by atoms with Gasteiger partial charge >= 0.3 is 0 Å². The van der Waals surface area contributed by atoms with Crippen LogP contribution in [0, 0.1) is 22.7 Å². The molecule has 15 heavy (non-hydrogen) atoms. The predicted octanol–water partition coefficient (Wildman–Crippen LogP) is 5.03. The molecule has 2 unspecified atom stereocenters. The highest BCUT2D eigenvalue weighted by Crippen LogP contribution is 2.66. The molecule has 2 rings (SSSR count). The minimum atomic E-state index is 0.686. The van der Waals surface area contributed by atoms with Gasteiger partial charge in [-0.15, -0.1) is 0 Å². The summed E-state index contributed by atoms with van der Waals surface area (Å²) in [5.41, 5.74) is 1.47. The SMILES string of the molecule is CCC1(C)CCCC1C1(CC(C)C)CC1. The van der Waals surface area contributed by atoms with Crippen LogP contribution in [0.1, 0.15) is 72.6 Å². The maximum absolute atomic E-state index is 2.56. The zero-order valence-corrected chi connectivity index (χ0v) is 11.1. The maximum Gasteiger partial charge on any atom is -0.0261 e. The van der Waals surface area contributed by atoms with Crippen molar-refractivity contribution in [3.8, 4) is 0 Å². The molecule has 0 bridgehead atoms. The average molecular weight is 208 g/mol. The summed E-state index contributed by atoms with van der Waals surface area (Å²) in [6, 6.07) is 0. The van der Waals surface area contributed by atoms with Gasteiger partial charge in [0.25, 0.3) is 0 Å². The lowest BCUT2D eigenvalue weighted by molar-refractivity contribution is 0.116. The number of rotatable bonds is 4. The fraction of sp³-hybridized carbons (Fsp3) is 1.00. The third-order valence-corrected chi connectivity index (χ3v) is 5.34. The Kier molecular flexibility index (Phi) is 2.90. The highest BCUT2D eigenvalue weighted by atomic mass is 14.6. The van der Waals surface area contributed by atoms with Gasteiger partial charge in [-0.2, -0.15) is 0 Å². The second-order valence-corrected chi connectivity index (χ2v) is 6.91. The summed E-state index contributed by atoms with van der Waals surface area (Å²) in [5.74, 6) is 1.95. The highest BCUT2D eigenvalue weighted by Gasteiger charge is 2.56. The van der Waals surface area contributed by atoms with Crippen LogP contribution in [-0.4, -0.2) is 0 Å². The molecule has 0 nitrogen and oxygen atoms in total. The Balaban J connectivity index is 2.09. The van der Waals surface area contributed by atoms with Gasteiger partial charge in [-0.25, -0.2) is 0 Å². The van der Waals surface area contributed by atoms with E-state index in [0.29, 0.717) is 5.41 Å². The van der Waals surface area contributed by atoms with Crippen LogP contribution in [0.5, 0.6) is 0 Å². The third-order valence-electron chi connectivity index (χ3n) is 5.34. The summed E-state index contributed by atoms with van der Waals surface area (Å²) in [6.07, 6.45) is 10.5. The Bertz CT molecular complexity index is 224. The minimum Gasteiger partial charge on any atom is -0.0649 e. The lowest BCUT2D eigenvalue weighted by Crippen LogP contribution is -2.29. The topological polar surface area (TPSA) is 0 Å². The molecule has 0 aliphatic heterocycles. The summed E-state index contributed by atoms with van der Waals surface area (Å²) in [5, 5.41) is 0. The fourth-order valence-electron chi connectivity index (χ4n) is 4.37. The minimum absolute atomic E-state index is 0.686. The molecule has 2 aliphatic carbocycles. The van der Waals surface area contributed by atoms with Crippen LogP contribution in [0.15, 0.2) is 0 Å². The maximum atomic E-state index is 2.56. The van der Waals surface area contributed by atoms with Crippen molar-refractivity contribution in [2.75, 3.05) is 0 Å². The lowest BCUT2D eigenvalue weighted by atomic mass is 9.67. The van der Waals surface area contributed by atoms with Crippen molar-refractivity contribution in [3.05, 3.63) is 0 Å². The van der Waals surface area contributed by atoms with Crippen LogP contribution in [0.4, 0.5) is 0 Å². The Morgan fingerprint density at radius 2 is 1.87 bits per heavy atom. The number of hydrogen-bond donors (Lipinski definition) is 0. The normalized spacial score (nSPS) is 38.6. The Labute approximate surface area is 95.8 Å². The summed E-state index contributed by atoms with van der Waals surface area (Å²) in [7, 11) is 0. The van der Waals surface area contributed by atoms with Crippen LogP contribution in [0.2, 0.25) is 0 Å². The van der Waals surface area contributed by atoms with Gasteiger partial charge in [-0.05, 0) is 54.8 Å². The van der Waals surface area contributed by atoms with E-state index < -0.39 is 0 Å². The standard InChI is InChI=1S/C15H28/c1-5-14(4)8-6-7-13(14)15(9-10-15)11-12(2)3/h12-13H,5-11H2,1-4H3. The summed E-state index contributed by atoms with van der Waals surface area (Å²) < 4.78 is 0. The Hall–Kier alpha value is 0. The summed E-state index contributed by atoms with van der Waals surface area (Å²) in [6.45, 7) is 9.77. The molecule has 2 aliphatic rings. The van der Waals surface area contributed by atoms with Crippen molar-refractivity contribution < 1.29 is 0 Å². The van der Waals surface area contributed by atoms with Gasteiger partial charge in [0.05, 0.1) is 0 Å².